The molecule has 5 nitrogen and oxygen atoms in total. The van der Waals surface area contributed by atoms with Gasteiger partial charge in [0, 0.05) is 38.3 Å². The highest BCUT2D eigenvalue weighted by atomic mass is 35.5. The molecule has 0 amide bonds. The Morgan fingerprint density at radius 3 is 2.62 bits per heavy atom. The van der Waals surface area contributed by atoms with Crippen molar-refractivity contribution in [2.45, 2.75) is 0 Å². The number of anilines is 1. The van der Waals surface area contributed by atoms with E-state index >= 15 is 0 Å². The summed E-state index contributed by atoms with van der Waals surface area (Å²) in [7, 11) is 0. The van der Waals surface area contributed by atoms with Crippen LogP contribution in [0.25, 0.3) is 43.8 Å². The van der Waals surface area contributed by atoms with Crippen LogP contribution in [0.5, 0.6) is 0 Å². The lowest BCUT2D eigenvalue weighted by Crippen LogP contribution is -2.26. The van der Waals surface area contributed by atoms with Crippen molar-refractivity contribution in [3.05, 3.63) is 83.5 Å². The number of pyridine rings is 1. The number of halogens is 2. The summed E-state index contributed by atoms with van der Waals surface area (Å²) in [5, 5.41) is 3.66. The van der Waals surface area contributed by atoms with Crippen molar-refractivity contribution in [3.63, 3.8) is 0 Å². The van der Waals surface area contributed by atoms with Crippen LogP contribution in [0.3, 0.4) is 0 Å². The first kappa shape index (κ1) is 20.7. The number of H-pyrrole nitrogens is 1. The van der Waals surface area contributed by atoms with Gasteiger partial charge in [0.2, 0.25) is 0 Å². The van der Waals surface area contributed by atoms with Gasteiger partial charge in [-0.2, -0.15) is 0 Å². The molecule has 0 fully saturated rings. The Morgan fingerprint density at radius 2 is 1.82 bits per heavy atom. The Hall–Kier alpha value is -3.90. The number of carbonyl (C=O) groups excluding carboxylic acids is 1. The summed E-state index contributed by atoms with van der Waals surface area (Å²) >= 11 is 6.19. The number of nitrogens with one attached hydrogen (secondary N) is 1. The fraction of sp³-hybridized carbons (Fsp3) is 0.111. The van der Waals surface area contributed by atoms with Gasteiger partial charge >= 0.3 is 5.97 Å². The molecule has 0 aliphatic carbocycles. The zero-order chi connectivity index (χ0) is 23.2. The van der Waals surface area contributed by atoms with Gasteiger partial charge in [0.15, 0.2) is 0 Å². The smallest absolute Gasteiger partial charge is 0.333 e. The molecule has 0 saturated carbocycles. The monoisotopic (exact) mass is 471 g/mol. The number of benzene rings is 3. The maximum atomic E-state index is 13.6. The molecular formula is C27H19ClFN3O2. The molecule has 0 atom stereocenters. The lowest BCUT2D eigenvalue weighted by atomic mass is 10.0. The molecule has 0 radical (unpaired) electrons. The first-order chi connectivity index (χ1) is 16.6. The molecule has 0 saturated heterocycles. The van der Waals surface area contributed by atoms with Crippen LogP contribution in [0, 0.1) is 0 Å². The summed E-state index contributed by atoms with van der Waals surface area (Å²) in [4.78, 5) is 21.8. The standard InChI is InChI=1S/C27H19ClFN3O2/c28-19-8-7-17-11-16-5-6-18(12-23(16)30-24(17)13-19)26-21-3-1-2-4-22(21)31-27(26)32(10-9-29)20-14-25(33)34-15-20/h1-8,11-14,31H,9-10,15H2. The second kappa shape index (κ2) is 8.15. The van der Waals surface area contributed by atoms with E-state index < -0.39 is 12.6 Å². The van der Waals surface area contributed by atoms with Gasteiger partial charge in [-0.3, -0.25) is 0 Å². The molecule has 2 aromatic heterocycles. The lowest BCUT2D eigenvalue weighted by molar-refractivity contribution is -0.134. The summed E-state index contributed by atoms with van der Waals surface area (Å²) in [6.07, 6.45) is 1.42. The lowest BCUT2D eigenvalue weighted by Gasteiger charge is -2.24. The number of ether oxygens (including phenoxy) is 1. The average Bonchev–Trinajstić information content (AvgIpc) is 3.44. The van der Waals surface area contributed by atoms with E-state index in [0.29, 0.717) is 16.5 Å². The number of fused-ring (bicyclic) bond motifs is 3. The maximum Gasteiger partial charge on any atom is 0.333 e. The minimum absolute atomic E-state index is 0.0945. The van der Waals surface area contributed by atoms with Gasteiger partial charge in [0.1, 0.15) is 19.1 Å². The van der Waals surface area contributed by atoms with E-state index in [0.717, 1.165) is 43.8 Å². The Kier molecular flexibility index (Phi) is 4.96. The Bertz CT molecular complexity index is 1630. The van der Waals surface area contributed by atoms with Crippen LogP contribution in [0.2, 0.25) is 5.02 Å². The molecule has 6 rings (SSSR count). The molecule has 1 aliphatic heterocycles. The number of cyclic esters (lactones) is 1. The summed E-state index contributed by atoms with van der Waals surface area (Å²) in [5.74, 6) is 0.295. The zero-order valence-electron chi connectivity index (χ0n) is 18.0. The van der Waals surface area contributed by atoms with Crippen LogP contribution in [0.15, 0.2) is 78.5 Å². The molecule has 5 aromatic rings. The highest BCUT2D eigenvalue weighted by Gasteiger charge is 2.25. The summed E-state index contributed by atoms with van der Waals surface area (Å²) in [6.45, 7) is -0.372. The number of nitrogens with zero attached hydrogens (tertiary/aromatic N) is 2. The summed E-state index contributed by atoms with van der Waals surface area (Å²) in [5.41, 5.74) is 5.04. The number of rotatable bonds is 5. The Labute approximate surface area is 199 Å². The number of hydrogen-bond donors (Lipinski definition) is 1. The van der Waals surface area contributed by atoms with Gasteiger partial charge in [-0.05, 0) is 35.9 Å². The molecule has 1 aliphatic rings. The number of carbonyl (C=O) groups is 1. The van der Waals surface area contributed by atoms with Crippen LogP contribution in [-0.4, -0.2) is 35.8 Å². The maximum absolute atomic E-state index is 13.6. The van der Waals surface area contributed by atoms with Crippen molar-refractivity contribution in [3.8, 4) is 11.1 Å². The SMILES string of the molecule is O=C1C=C(N(CCF)c2[nH]c3ccccc3c2-c2ccc3cc4ccc(Cl)cc4nc3c2)CO1. The van der Waals surface area contributed by atoms with E-state index in [1.54, 1.807) is 4.90 Å². The molecule has 0 bridgehead atoms. The number of hydrogen-bond acceptors (Lipinski definition) is 4. The second-order valence-electron chi connectivity index (χ2n) is 8.21. The van der Waals surface area contributed by atoms with Crippen LogP contribution >= 0.6 is 11.6 Å². The molecule has 0 spiro atoms. The van der Waals surface area contributed by atoms with E-state index in [-0.39, 0.29) is 13.2 Å². The van der Waals surface area contributed by atoms with E-state index in [2.05, 4.69) is 11.1 Å². The third-order valence-electron chi connectivity index (χ3n) is 6.12. The van der Waals surface area contributed by atoms with Gasteiger partial charge in [-0.25, -0.2) is 14.2 Å². The molecule has 34 heavy (non-hydrogen) atoms. The van der Waals surface area contributed by atoms with Crippen molar-refractivity contribution < 1.29 is 13.9 Å². The van der Waals surface area contributed by atoms with Gasteiger partial charge in [-0.1, -0.05) is 48.0 Å². The van der Waals surface area contributed by atoms with Gasteiger partial charge < -0.3 is 14.6 Å². The molecular weight excluding hydrogens is 453 g/mol. The van der Waals surface area contributed by atoms with E-state index in [1.807, 2.05) is 60.7 Å². The van der Waals surface area contributed by atoms with E-state index in [9.17, 15) is 9.18 Å². The number of para-hydroxylation sites is 1. The summed E-state index contributed by atoms with van der Waals surface area (Å²) in [6, 6.07) is 21.8. The molecule has 7 heteroatoms. The fourth-order valence-corrected chi connectivity index (χ4v) is 4.74. The number of aromatic amines is 1. The molecule has 3 heterocycles. The zero-order valence-corrected chi connectivity index (χ0v) is 18.8. The van der Waals surface area contributed by atoms with Crippen molar-refractivity contribution >= 4 is 56.1 Å². The van der Waals surface area contributed by atoms with E-state index in [4.69, 9.17) is 21.3 Å². The molecule has 1 N–H and O–H groups in total. The van der Waals surface area contributed by atoms with Gasteiger partial charge in [0.05, 0.1) is 23.3 Å². The Morgan fingerprint density at radius 1 is 1.03 bits per heavy atom. The van der Waals surface area contributed by atoms with Crippen LogP contribution in [0.1, 0.15) is 0 Å². The first-order valence-electron chi connectivity index (χ1n) is 10.9. The fourth-order valence-electron chi connectivity index (χ4n) is 4.58. The quantitative estimate of drug-likeness (QED) is 0.238. The number of esters is 1. The van der Waals surface area contributed by atoms with Crippen molar-refractivity contribution in [1.82, 2.24) is 9.97 Å². The van der Waals surface area contributed by atoms with Crippen LogP contribution in [-0.2, 0) is 9.53 Å². The van der Waals surface area contributed by atoms with Gasteiger partial charge in [-0.15, -0.1) is 0 Å². The van der Waals surface area contributed by atoms with Crippen molar-refractivity contribution in [1.29, 1.82) is 0 Å². The van der Waals surface area contributed by atoms with Crippen LogP contribution < -0.4 is 4.90 Å². The molecule has 0 unspecified atom stereocenters. The van der Waals surface area contributed by atoms with E-state index in [1.165, 1.54) is 6.08 Å². The largest absolute Gasteiger partial charge is 0.456 e. The predicted octanol–water partition coefficient (Wildman–Crippen LogP) is 6.41. The molecule has 3 aromatic carbocycles. The minimum Gasteiger partial charge on any atom is -0.456 e. The number of aromatic nitrogens is 2. The third kappa shape index (κ3) is 3.47. The normalized spacial score (nSPS) is 13.6. The first-order valence-corrected chi connectivity index (χ1v) is 11.3. The highest BCUT2D eigenvalue weighted by molar-refractivity contribution is 6.31. The average molecular weight is 472 g/mol. The summed E-state index contributed by atoms with van der Waals surface area (Å²) < 4.78 is 18.7. The minimum atomic E-state index is -0.577. The van der Waals surface area contributed by atoms with Crippen LogP contribution in [0.4, 0.5) is 10.2 Å². The predicted molar refractivity (Wildman–Crippen MR) is 134 cm³/mol. The Balaban J connectivity index is 1.58. The number of alkyl halides is 1. The van der Waals surface area contributed by atoms with Crippen molar-refractivity contribution in [2.24, 2.45) is 0 Å². The van der Waals surface area contributed by atoms with Crippen molar-refractivity contribution in [2.75, 3.05) is 24.7 Å². The highest BCUT2D eigenvalue weighted by Crippen LogP contribution is 2.40. The molecule has 168 valence electrons. The topological polar surface area (TPSA) is 58.2 Å². The second-order valence-corrected chi connectivity index (χ2v) is 8.65. The third-order valence-corrected chi connectivity index (χ3v) is 6.36. The van der Waals surface area contributed by atoms with Gasteiger partial charge in [0.25, 0.3) is 0 Å².